The standard InChI is InChI=1S/C31H30FN3O5S/c1-19-24(4-3-5-29(19)34-30(36)18-40-23-8-6-22(32)7-9-23)25-10-11-26(31(33)37)28-17-21(16-27(25)28)20-12-14-35(15-13-20)41(2,38)39/h3-12,16H,13-15,17-18H2,1-2H3,(H2,33,37)(H,34,36). The van der Waals surface area contributed by atoms with Crippen LogP contribution < -0.4 is 15.8 Å². The average molecular weight is 576 g/mol. The molecule has 3 N–H and O–H groups in total. The topological polar surface area (TPSA) is 119 Å². The van der Waals surface area contributed by atoms with E-state index in [1.54, 1.807) is 12.1 Å². The van der Waals surface area contributed by atoms with Crippen molar-refractivity contribution in [3.8, 4) is 16.9 Å². The van der Waals surface area contributed by atoms with Gasteiger partial charge < -0.3 is 15.8 Å². The largest absolute Gasteiger partial charge is 0.484 e. The zero-order valence-electron chi connectivity index (χ0n) is 22.7. The van der Waals surface area contributed by atoms with E-state index in [9.17, 15) is 22.4 Å². The number of amides is 2. The molecule has 1 aliphatic carbocycles. The van der Waals surface area contributed by atoms with Crippen LogP contribution in [-0.2, 0) is 21.2 Å². The number of halogens is 1. The number of fused-ring (bicyclic) bond motifs is 1. The SMILES string of the molecule is Cc1c(NC(=O)COc2ccc(F)cc2)cccc1-c1ccc(C(N)=O)c2c1C=C(C1=CCN(S(C)(=O)=O)CC1)C2. The maximum atomic E-state index is 13.1. The summed E-state index contributed by atoms with van der Waals surface area (Å²) in [5, 5.41) is 2.89. The zero-order chi connectivity index (χ0) is 29.3. The van der Waals surface area contributed by atoms with Gasteiger partial charge in [0.1, 0.15) is 11.6 Å². The van der Waals surface area contributed by atoms with E-state index in [-0.39, 0.29) is 18.3 Å². The highest BCUT2D eigenvalue weighted by Gasteiger charge is 2.27. The minimum atomic E-state index is -3.27. The van der Waals surface area contributed by atoms with Crippen LogP contribution in [0.4, 0.5) is 10.1 Å². The number of nitrogens with two attached hydrogens (primary N) is 1. The lowest BCUT2D eigenvalue weighted by atomic mass is 9.90. The highest BCUT2D eigenvalue weighted by molar-refractivity contribution is 7.88. The van der Waals surface area contributed by atoms with Crippen molar-refractivity contribution in [3.63, 3.8) is 0 Å². The molecule has 212 valence electrons. The van der Waals surface area contributed by atoms with E-state index in [2.05, 4.69) is 11.4 Å². The minimum absolute atomic E-state index is 0.240. The van der Waals surface area contributed by atoms with Crippen LogP contribution in [0.2, 0.25) is 0 Å². The Morgan fingerprint density at radius 1 is 1.05 bits per heavy atom. The highest BCUT2D eigenvalue weighted by Crippen LogP contribution is 2.41. The summed E-state index contributed by atoms with van der Waals surface area (Å²) in [6.07, 6.45) is 6.29. The van der Waals surface area contributed by atoms with Gasteiger partial charge in [0, 0.05) is 24.3 Å². The lowest BCUT2D eigenvalue weighted by Gasteiger charge is -2.24. The second kappa shape index (κ2) is 11.3. The molecule has 5 rings (SSSR count). The molecular formula is C31H30FN3O5S. The fraction of sp³-hybridized carbons (Fsp3) is 0.226. The number of hydrogen-bond donors (Lipinski definition) is 2. The first-order valence-corrected chi connectivity index (χ1v) is 14.9. The van der Waals surface area contributed by atoms with E-state index in [4.69, 9.17) is 10.5 Å². The number of nitrogens with zero attached hydrogens (tertiary/aromatic N) is 1. The summed E-state index contributed by atoms with van der Waals surface area (Å²) in [7, 11) is -3.27. The van der Waals surface area contributed by atoms with Gasteiger partial charge in [-0.3, -0.25) is 9.59 Å². The van der Waals surface area contributed by atoms with E-state index in [0.717, 1.165) is 39.0 Å². The fourth-order valence-electron chi connectivity index (χ4n) is 5.28. The van der Waals surface area contributed by atoms with Gasteiger partial charge >= 0.3 is 0 Å². The molecule has 3 aromatic carbocycles. The lowest BCUT2D eigenvalue weighted by molar-refractivity contribution is -0.118. The van der Waals surface area contributed by atoms with Crippen molar-refractivity contribution in [2.24, 2.45) is 5.73 Å². The molecular weight excluding hydrogens is 545 g/mol. The monoisotopic (exact) mass is 575 g/mol. The molecule has 0 atom stereocenters. The van der Waals surface area contributed by atoms with Gasteiger partial charge in [0.15, 0.2) is 6.61 Å². The predicted molar refractivity (Wildman–Crippen MR) is 156 cm³/mol. The van der Waals surface area contributed by atoms with Crippen LogP contribution in [0, 0.1) is 12.7 Å². The zero-order valence-corrected chi connectivity index (χ0v) is 23.6. The van der Waals surface area contributed by atoms with Crippen LogP contribution in [0.3, 0.4) is 0 Å². The summed E-state index contributed by atoms with van der Waals surface area (Å²) in [6, 6.07) is 14.6. The van der Waals surface area contributed by atoms with Gasteiger partial charge in [-0.15, -0.1) is 0 Å². The maximum Gasteiger partial charge on any atom is 0.262 e. The number of hydrogen-bond acceptors (Lipinski definition) is 5. The summed E-state index contributed by atoms with van der Waals surface area (Å²) < 4.78 is 43.9. The van der Waals surface area contributed by atoms with Crippen LogP contribution in [0.15, 0.2) is 71.8 Å². The number of primary amides is 1. The third kappa shape index (κ3) is 6.08. The van der Waals surface area contributed by atoms with E-state index in [0.29, 0.717) is 42.9 Å². The minimum Gasteiger partial charge on any atom is -0.484 e. The highest BCUT2D eigenvalue weighted by atomic mass is 32.2. The molecule has 0 bridgehead atoms. The molecule has 1 heterocycles. The molecule has 8 nitrogen and oxygen atoms in total. The fourth-order valence-corrected chi connectivity index (χ4v) is 6.05. The third-order valence-electron chi connectivity index (χ3n) is 7.44. The molecule has 0 unspecified atom stereocenters. The van der Waals surface area contributed by atoms with Gasteiger partial charge in [0.05, 0.1) is 6.26 Å². The number of ether oxygens (including phenoxy) is 1. The number of carbonyl (C=O) groups excluding carboxylic acids is 2. The number of sulfonamides is 1. The molecule has 0 radical (unpaired) electrons. The molecule has 0 saturated carbocycles. The normalized spacial score (nSPS) is 15.1. The van der Waals surface area contributed by atoms with Crippen molar-refractivity contribution >= 4 is 33.6 Å². The van der Waals surface area contributed by atoms with E-state index >= 15 is 0 Å². The molecule has 0 spiro atoms. The quantitative estimate of drug-likeness (QED) is 0.412. The molecule has 1 aliphatic heterocycles. The molecule has 0 aromatic heterocycles. The van der Waals surface area contributed by atoms with Crippen LogP contribution in [-0.4, -0.2) is 50.5 Å². The number of allylic oxidation sites excluding steroid dienone is 1. The predicted octanol–water partition coefficient (Wildman–Crippen LogP) is 4.45. The van der Waals surface area contributed by atoms with Crippen LogP contribution in [0.25, 0.3) is 17.2 Å². The molecule has 0 saturated heterocycles. The summed E-state index contributed by atoms with van der Waals surface area (Å²) >= 11 is 0. The second-order valence-electron chi connectivity index (χ2n) is 10.1. The Hall–Kier alpha value is -4.28. The Balaban J connectivity index is 1.42. The van der Waals surface area contributed by atoms with Crippen molar-refractivity contribution in [3.05, 3.63) is 99.9 Å². The maximum absolute atomic E-state index is 13.1. The summed E-state index contributed by atoms with van der Waals surface area (Å²) in [5.41, 5.74) is 13.2. The van der Waals surface area contributed by atoms with E-state index in [1.807, 2.05) is 31.2 Å². The first-order chi connectivity index (χ1) is 19.5. The third-order valence-corrected chi connectivity index (χ3v) is 8.71. The van der Waals surface area contributed by atoms with Crippen molar-refractivity contribution in [1.29, 1.82) is 0 Å². The number of benzene rings is 3. The molecule has 2 amide bonds. The summed E-state index contributed by atoms with van der Waals surface area (Å²) in [4.78, 5) is 24.9. The van der Waals surface area contributed by atoms with Crippen molar-refractivity contribution in [2.45, 2.75) is 19.8 Å². The Labute approximate surface area is 238 Å². The lowest BCUT2D eigenvalue weighted by Crippen LogP contribution is -2.34. The van der Waals surface area contributed by atoms with Crippen LogP contribution in [0.5, 0.6) is 5.75 Å². The Morgan fingerprint density at radius 2 is 1.80 bits per heavy atom. The molecule has 10 heteroatoms. The van der Waals surface area contributed by atoms with Gasteiger partial charge in [-0.2, -0.15) is 4.31 Å². The smallest absolute Gasteiger partial charge is 0.262 e. The Kier molecular flexibility index (Phi) is 7.79. The Bertz CT molecular complexity index is 1710. The average Bonchev–Trinajstić information content (AvgIpc) is 3.39. The van der Waals surface area contributed by atoms with Crippen molar-refractivity contribution in [2.75, 3.05) is 31.3 Å². The van der Waals surface area contributed by atoms with Gasteiger partial charge in [-0.1, -0.05) is 30.4 Å². The molecule has 0 fully saturated rings. The van der Waals surface area contributed by atoms with Gasteiger partial charge in [0.25, 0.3) is 5.91 Å². The van der Waals surface area contributed by atoms with Gasteiger partial charge in [-0.25, -0.2) is 12.8 Å². The number of rotatable bonds is 8. The van der Waals surface area contributed by atoms with Gasteiger partial charge in [0.2, 0.25) is 15.9 Å². The van der Waals surface area contributed by atoms with E-state index in [1.165, 1.54) is 34.8 Å². The first-order valence-electron chi connectivity index (χ1n) is 13.1. The number of anilines is 1. The number of carbonyl (C=O) groups is 2. The van der Waals surface area contributed by atoms with E-state index < -0.39 is 15.9 Å². The molecule has 41 heavy (non-hydrogen) atoms. The van der Waals surface area contributed by atoms with Crippen molar-refractivity contribution in [1.82, 2.24) is 4.31 Å². The number of nitrogens with one attached hydrogen (secondary N) is 1. The van der Waals surface area contributed by atoms with Crippen molar-refractivity contribution < 1.29 is 27.1 Å². The summed E-state index contributed by atoms with van der Waals surface area (Å²) in [5.74, 6) is -0.877. The van der Waals surface area contributed by atoms with Gasteiger partial charge in [-0.05, 0) is 95.1 Å². The van der Waals surface area contributed by atoms with Crippen LogP contribution in [0.1, 0.15) is 33.5 Å². The molecule has 2 aliphatic rings. The second-order valence-corrected chi connectivity index (χ2v) is 12.1. The van der Waals surface area contributed by atoms with Crippen LogP contribution >= 0.6 is 0 Å². The Morgan fingerprint density at radius 3 is 2.46 bits per heavy atom. The first kappa shape index (κ1) is 28.3. The summed E-state index contributed by atoms with van der Waals surface area (Å²) in [6.45, 7) is 2.38. The molecule has 3 aromatic rings.